The summed E-state index contributed by atoms with van der Waals surface area (Å²) < 4.78 is 0. The van der Waals surface area contributed by atoms with Crippen LogP contribution in [0.25, 0.3) is 10.2 Å². The summed E-state index contributed by atoms with van der Waals surface area (Å²) in [4.78, 5) is 24.6. The molecule has 2 aromatic heterocycles. The minimum atomic E-state index is 0.0261. The zero-order chi connectivity index (χ0) is 16.7. The number of benzene rings is 1. The Labute approximate surface area is 145 Å². The zero-order valence-corrected chi connectivity index (χ0v) is 14.9. The fourth-order valence-electron chi connectivity index (χ4n) is 3.44. The number of fused-ring (bicyclic) bond motifs is 3. The van der Waals surface area contributed by atoms with Gasteiger partial charge in [-0.25, -0.2) is 4.98 Å². The molecule has 4 rings (SSSR count). The molecule has 3 aromatic rings. The Morgan fingerprint density at radius 2 is 2.00 bits per heavy atom. The fraction of sp³-hybridized carbons (Fsp3) is 0.368. The lowest BCUT2D eigenvalue weighted by molar-refractivity contribution is 0.311. The van der Waals surface area contributed by atoms with Crippen molar-refractivity contribution in [1.82, 2.24) is 14.9 Å². The Hall–Kier alpha value is -1.98. The number of aromatic nitrogens is 2. The summed E-state index contributed by atoms with van der Waals surface area (Å²) in [6, 6.07) is 8.55. The van der Waals surface area contributed by atoms with Gasteiger partial charge in [0, 0.05) is 11.4 Å². The topological polar surface area (TPSA) is 49.0 Å². The van der Waals surface area contributed by atoms with Gasteiger partial charge in [0.25, 0.3) is 5.56 Å². The highest BCUT2D eigenvalue weighted by atomic mass is 32.1. The van der Waals surface area contributed by atoms with E-state index in [1.165, 1.54) is 21.6 Å². The van der Waals surface area contributed by atoms with Crippen LogP contribution in [0.4, 0.5) is 0 Å². The molecule has 0 unspecified atom stereocenters. The highest BCUT2D eigenvalue weighted by Gasteiger charge is 2.21. The first-order chi connectivity index (χ1) is 11.6. The van der Waals surface area contributed by atoms with Crippen molar-refractivity contribution in [2.45, 2.75) is 39.3 Å². The van der Waals surface area contributed by atoms with Gasteiger partial charge in [-0.05, 0) is 44.4 Å². The van der Waals surface area contributed by atoms with Crippen molar-refractivity contribution in [1.29, 1.82) is 0 Å². The maximum Gasteiger partial charge on any atom is 0.259 e. The third kappa shape index (κ3) is 2.89. The first-order valence-corrected chi connectivity index (χ1v) is 9.19. The van der Waals surface area contributed by atoms with E-state index in [0.717, 1.165) is 41.8 Å². The second kappa shape index (κ2) is 6.15. The van der Waals surface area contributed by atoms with E-state index >= 15 is 0 Å². The zero-order valence-electron chi connectivity index (χ0n) is 14.1. The van der Waals surface area contributed by atoms with Gasteiger partial charge in [0.05, 0.1) is 11.9 Å². The first kappa shape index (κ1) is 15.5. The van der Waals surface area contributed by atoms with Crippen molar-refractivity contribution in [3.8, 4) is 0 Å². The van der Waals surface area contributed by atoms with Crippen LogP contribution in [0.5, 0.6) is 0 Å². The summed E-state index contributed by atoms with van der Waals surface area (Å²) >= 11 is 1.70. The van der Waals surface area contributed by atoms with E-state index in [0.29, 0.717) is 6.54 Å². The molecule has 0 amide bonds. The Balaban J connectivity index is 1.56. The number of aromatic amines is 1. The minimum absolute atomic E-state index is 0.0261. The molecule has 0 spiro atoms. The molecule has 24 heavy (non-hydrogen) atoms. The van der Waals surface area contributed by atoms with Crippen LogP contribution in [0.1, 0.15) is 33.8 Å². The minimum Gasteiger partial charge on any atom is -0.309 e. The number of hydrogen-bond donors (Lipinski definition) is 1. The van der Waals surface area contributed by atoms with E-state index < -0.39 is 0 Å². The second-order valence-corrected chi connectivity index (χ2v) is 7.79. The number of hydrogen-bond acceptors (Lipinski definition) is 4. The lowest BCUT2D eigenvalue weighted by Gasteiger charge is -2.16. The predicted octanol–water partition coefficient (Wildman–Crippen LogP) is 3.41. The van der Waals surface area contributed by atoms with Gasteiger partial charge in [0.2, 0.25) is 0 Å². The smallest absolute Gasteiger partial charge is 0.259 e. The van der Waals surface area contributed by atoms with Crippen LogP contribution in [-0.4, -0.2) is 21.9 Å². The molecule has 5 heteroatoms. The molecule has 0 fully saturated rings. The number of rotatable bonds is 4. The van der Waals surface area contributed by atoms with Gasteiger partial charge in [-0.3, -0.25) is 9.69 Å². The van der Waals surface area contributed by atoms with Crippen LogP contribution in [0.3, 0.4) is 0 Å². The highest BCUT2D eigenvalue weighted by Crippen LogP contribution is 2.34. The molecule has 0 saturated carbocycles. The Bertz CT molecular complexity index is 940. The van der Waals surface area contributed by atoms with Crippen molar-refractivity contribution in [2.75, 3.05) is 7.05 Å². The molecule has 2 heterocycles. The van der Waals surface area contributed by atoms with Gasteiger partial charge >= 0.3 is 0 Å². The number of thiophene rings is 1. The van der Waals surface area contributed by atoms with Gasteiger partial charge in [-0.2, -0.15) is 0 Å². The van der Waals surface area contributed by atoms with Crippen molar-refractivity contribution in [3.63, 3.8) is 0 Å². The van der Waals surface area contributed by atoms with Gasteiger partial charge < -0.3 is 4.98 Å². The molecule has 1 aromatic carbocycles. The third-order valence-corrected chi connectivity index (χ3v) is 5.80. The Morgan fingerprint density at radius 1 is 1.21 bits per heavy atom. The number of H-pyrrole nitrogens is 1. The van der Waals surface area contributed by atoms with Gasteiger partial charge in [0.15, 0.2) is 0 Å². The molecule has 1 aliphatic carbocycles. The van der Waals surface area contributed by atoms with Crippen LogP contribution >= 0.6 is 11.3 Å². The molecule has 0 radical (unpaired) electrons. The maximum absolute atomic E-state index is 12.5. The summed E-state index contributed by atoms with van der Waals surface area (Å²) in [7, 11) is 2.05. The van der Waals surface area contributed by atoms with E-state index in [1.807, 2.05) is 0 Å². The molecule has 1 aliphatic rings. The van der Waals surface area contributed by atoms with Crippen LogP contribution in [0.2, 0.25) is 0 Å². The first-order valence-electron chi connectivity index (χ1n) is 8.37. The molecule has 0 bridgehead atoms. The molecule has 0 aliphatic heterocycles. The normalized spacial score (nSPS) is 13.8. The highest BCUT2D eigenvalue weighted by molar-refractivity contribution is 7.18. The van der Waals surface area contributed by atoms with Crippen molar-refractivity contribution < 1.29 is 0 Å². The van der Waals surface area contributed by atoms with Gasteiger partial charge in [-0.15, -0.1) is 11.3 Å². The third-order valence-electron chi connectivity index (χ3n) is 4.62. The molecule has 4 nitrogen and oxygen atoms in total. The molecular weight excluding hydrogens is 318 g/mol. The summed E-state index contributed by atoms with van der Waals surface area (Å²) in [6.45, 7) is 3.57. The van der Waals surface area contributed by atoms with Gasteiger partial charge in [0.1, 0.15) is 10.7 Å². The standard InChI is InChI=1S/C19H21N3OS/c1-12-6-8-13(9-7-12)10-22(2)11-16-20-18(23)17-14-4-3-5-15(14)24-19(17)21-16/h6-9H,3-5,10-11H2,1-2H3,(H,20,21,23). The van der Waals surface area contributed by atoms with Crippen LogP contribution in [0.15, 0.2) is 29.1 Å². The predicted molar refractivity (Wildman–Crippen MR) is 98.6 cm³/mol. The summed E-state index contributed by atoms with van der Waals surface area (Å²) in [5, 5.41) is 0.831. The number of nitrogens with one attached hydrogen (secondary N) is 1. The molecule has 0 saturated heterocycles. The fourth-order valence-corrected chi connectivity index (χ4v) is 4.72. The van der Waals surface area contributed by atoms with Crippen molar-refractivity contribution in [3.05, 3.63) is 62.0 Å². The molecule has 1 N–H and O–H groups in total. The van der Waals surface area contributed by atoms with E-state index in [2.05, 4.69) is 48.1 Å². The Morgan fingerprint density at radius 3 is 2.79 bits per heavy atom. The average molecular weight is 339 g/mol. The van der Waals surface area contributed by atoms with E-state index in [-0.39, 0.29) is 5.56 Å². The molecule has 124 valence electrons. The van der Waals surface area contributed by atoms with E-state index in [1.54, 1.807) is 11.3 Å². The second-order valence-electron chi connectivity index (χ2n) is 6.71. The number of nitrogens with zero attached hydrogens (tertiary/aromatic N) is 2. The molecular formula is C19H21N3OS. The van der Waals surface area contributed by atoms with Crippen LogP contribution in [-0.2, 0) is 25.9 Å². The molecule has 0 atom stereocenters. The lowest BCUT2D eigenvalue weighted by Crippen LogP contribution is -2.21. The SMILES string of the molecule is Cc1ccc(CN(C)Cc2nc3sc4c(c3c(=O)[nH]2)CCC4)cc1. The Kier molecular flexibility index (Phi) is 3.98. The summed E-state index contributed by atoms with van der Waals surface area (Å²) in [5.41, 5.74) is 3.80. The van der Waals surface area contributed by atoms with E-state index in [4.69, 9.17) is 4.98 Å². The maximum atomic E-state index is 12.5. The van der Waals surface area contributed by atoms with Crippen molar-refractivity contribution in [2.24, 2.45) is 0 Å². The summed E-state index contributed by atoms with van der Waals surface area (Å²) in [6.07, 6.45) is 3.28. The number of aryl methyl sites for hydroxylation is 3. The van der Waals surface area contributed by atoms with Crippen LogP contribution in [0, 0.1) is 6.92 Å². The summed E-state index contributed by atoms with van der Waals surface area (Å²) in [5.74, 6) is 0.752. The van der Waals surface area contributed by atoms with Crippen molar-refractivity contribution >= 4 is 21.6 Å². The van der Waals surface area contributed by atoms with Crippen LogP contribution < -0.4 is 5.56 Å². The average Bonchev–Trinajstić information content (AvgIpc) is 3.09. The van der Waals surface area contributed by atoms with E-state index in [9.17, 15) is 4.79 Å². The lowest BCUT2D eigenvalue weighted by atomic mass is 10.1. The van der Waals surface area contributed by atoms with Gasteiger partial charge in [-0.1, -0.05) is 29.8 Å². The largest absolute Gasteiger partial charge is 0.309 e. The monoisotopic (exact) mass is 339 g/mol. The quantitative estimate of drug-likeness (QED) is 0.792.